The van der Waals surface area contributed by atoms with Crippen LogP contribution < -0.4 is 10.6 Å². The Morgan fingerprint density at radius 1 is 0.897 bits per heavy atom. The fraction of sp³-hybridized carbons (Fsp3) is 0.400. The Labute approximate surface area is 164 Å². The maximum absolute atomic E-state index is 14.2. The van der Waals surface area contributed by atoms with Gasteiger partial charge in [-0.05, 0) is 0 Å². The van der Waals surface area contributed by atoms with Crippen molar-refractivity contribution in [2.75, 3.05) is 6.61 Å². The van der Waals surface area contributed by atoms with E-state index in [1.54, 1.807) is 32.0 Å². The third kappa shape index (κ3) is 2.62. The van der Waals surface area contributed by atoms with E-state index < -0.39 is 36.2 Å². The number of hydrogen-bond donors (Lipinski definition) is 0. The second-order valence-corrected chi connectivity index (χ2v) is 11.7. The molecule has 2 aromatic rings. The molecule has 9 heteroatoms. The van der Waals surface area contributed by atoms with E-state index in [-0.39, 0.29) is 17.2 Å². The summed E-state index contributed by atoms with van der Waals surface area (Å²) in [6.45, 7) is 4.50. The summed E-state index contributed by atoms with van der Waals surface area (Å²) in [5.41, 5.74) is -6.25. The van der Waals surface area contributed by atoms with Gasteiger partial charge in [-0.2, -0.15) is 0 Å². The molecule has 0 unspecified atom stereocenters. The van der Waals surface area contributed by atoms with Gasteiger partial charge in [-0.25, -0.2) is 0 Å². The van der Waals surface area contributed by atoms with Crippen LogP contribution in [0.25, 0.3) is 0 Å². The molecule has 0 aliphatic carbocycles. The van der Waals surface area contributed by atoms with Crippen LogP contribution in [0.2, 0.25) is 0 Å². The normalized spacial score (nSPS) is 21.4. The van der Waals surface area contributed by atoms with Crippen molar-refractivity contribution in [1.82, 2.24) is 0 Å². The molecule has 0 N–H and O–H groups in total. The average Bonchev–Trinajstić information content (AvgIpc) is 2.94. The molecule has 0 amide bonds. The summed E-state index contributed by atoms with van der Waals surface area (Å²) in [5.74, 6) is 0. The van der Waals surface area contributed by atoms with Crippen LogP contribution >= 0.6 is 7.06 Å². The molecule has 29 heavy (non-hydrogen) atoms. The average molecular weight is 438 g/mol. The van der Waals surface area contributed by atoms with Gasteiger partial charge in [0.1, 0.15) is 0 Å². The predicted octanol–water partition coefficient (Wildman–Crippen LogP) is 5.82. The van der Waals surface area contributed by atoms with Gasteiger partial charge in [-0.3, -0.25) is 0 Å². The second kappa shape index (κ2) is 6.69. The summed E-state index contributed by atoms with van der Waals surface area (Å²) in [4.78, 5) is 0. The molecule has 160 valence electrons. The summed E-state index contributed by atoms with van der Waals surface area (Å²) in [5, 5.41) is 0.0226. The van der Waals surface area contributed by atoms with E-state index in [4.69, 9.17) is 9.05 Å². The third-order valence-electron chi connectivity index (χ3n) is 5.42. The van der Waals surface area contributed by atoms with E-state index >= 15 is 0 Å². The topological polar surface area (TPSA) is 18.5 Å². The first kappa shape index (κ1) is 22.1. The fourth-order valence-electron chi connectivity index (χ4n) is 4.24. The van der Waals surface area contributed by atoms with E-state index in [9.17, 15) is 26.3 Å². The van der Waals surface area contributed by atoms with Crippen molar-refractivity contribution in [3.63, 3.8) is 0 Å². The Morgan fingerprint density at radius 2 is 1.41 bits per heavy atom. The Bertz CT molecular complexity index is 882. The molecule has 2 aromatic carbocycles. The number of alkyl halides is 6. The first-order valence-electron chi connectivity index (χ1n) is 9.05. The summed E-state index contributed by atoms with van der Waals surface area (Å²) in [6, 6.07) is 12.4. The molecule has 0 bridgehead atoms. The molecule has 0 saturated carbocycles. The van der Waals surface area contributed by atoms with Gasteiger partial charge in [0.15, 0.2) is 0 Å². The zero-order chi connectivity index (χ0) is 21.7. The first-order valence-corrected chi connectivity index (χ1v) is 11.2. The molecule has 1 heterocycles. The van der Waals surface area contributed by atoms with Crippen LogP contribution in [-0.4, -0.2) is 24.6 Å². The maximum atomic E-state index is 14.2. The van der Waals surface area contributed by atoms with E-state index in [0.717, 1.165) is 12.1 Å². The van der Waals surface area contributed by atoms with Gasteiger partial charge in [0.05, 0.1) is 0 Å². The molecule has 0 saturated heterocycles. The van der Waals surface area contributed by atoms with E-state index in [0.29, 0.717) is 0 Å². The Kier molecular flexibility index (Phi) is 5.09. The molecule has 2 nitrogen and oxygen atoms in total. The monoisotopic (exact) mass is 438 g/mol. The summed E-state index contributed by atoms with van der Waals surface area (Å²) >= 11 is 0. The molecule has 1 aliphatic heterocycles. The second-order valence-electron chi connectivity index (χ2n) is 7.15. The van der Waals surface area contributed by atoms with Crippen molar-refractivity contribution in [3.05, 3.63) is 60.2 Å². The zero-order valence-electron chi connectivity index (χ0n) is 16.0. The van der Waals surface area contributed by atoms with Crippen LogP contribution in [0.3, 0.4) is 0 Å². The zero-order valence-corrected chi connectivity index (χ0v) is 16.9. The van der Waals surface area contributed by atoms with Gasteiger partial charge < -0.3 is 0 Å². The molecule has 0 atom stereocenters. The molecule has 0 radical (unpaired) electrons. The number of benzene rings is 2. The van der Waals surface area contributed by atoms with Gasteiger partial charge in [-0.1, -0.05) is 0 Å². The van der Waals surface area contributed by atoms with Crippen LogP contribution in [-0.2, 0) is 14.6 Å². The van der Waals surface area contributed by atoms with Crippen LogP contribution in [0.5, 0.6) is 0 Å². The number of rotatable bonds is 4. The van der Waals surface area contributed by atoms with Crippen molar-refractivity contribution in [3.8, 4) is 0 Å². The van der Waals surface area contributed by atoms with Gasteiger partial charge >= 0.3 is 164 Å². The van der Waals surface area contributed by atoms with Gasteiger partial charge in [-0.15, -0.1) is 0 Å². The Hall–Kier alpha value is -1.63. The quantitative estimate of drug-likeness (QED) is 0.443. The number of fused-ring (bicyclic) bond motifs is 1. The van der Waals surface area contributed by atoms with Crippen molar-refractivity contribution >= 4 is 17.7 Å². The summed E-state index contributed by atoms with van der Waals surface area (Å²) in [7, 11) is -4.87. The van der Waals surface area contributed by atoms with Gasteiger partial charge in [0.25, 0.3) is 0 Å². The van der Waals surface area contributed by atoms with Crippen LogP contribution in [0.4, 0.5) is 26.3 Å². The molecule has 3 rings (SSSR count). The minimum atomic E-state index is -5.75. The van der Waals surface area contributed by atoms with Gasteiger partial charge in [0.2, 0.25) is 0 Å². The predicted molar refractivity (Wildman–Crippen MR) is 101 cm³/mol. The van der Waals surface area contributed by atoms with Gasteiger partial charge in [0, 0.05) is 0 Å². The third-order valence-corrected chi connectivity index (χ3v) is 11.3. The standard InChI is InChI=1S/C20H21F6O2P/c1-4-27-29(14(2)3,15-10-6-5-7-11-15)17-13-9-8-12-16(17)18(28-29,19(21,22)23)20(24,25)26/h5-14H,4H2,1-3H3. The van der Waals surface area contributed by atoms with Crippen LogP contribution in [0.15, 0.2) is 54.6 Å². The summed E-state index contributed by atoms with van der Waals surface area (Å²) < 4.78 is 96.9. The molecular formula is C20H21F6O2P. The van der Waals surface area contributed by atoms with E-state index in [2.05, 4.69) is 0 Å². The number of hydrogen-bond acceptors (Lipinski definition) is 2. The van der Waals surface area contributed by atoms with Crippen LogP contribution in [0.1, 0.15) is 26.3 Å². The molecule has 1 aliphatic rings. The van der Waals surface area contributed by atoms with E-state index in [1.165, 1.54) is 31.2 Å². The minimum absolute atomic E-state index is 0.120. The van der Waals surface area contributed by atoms with Crippen LogP contribution in [0, 0.1) is 0 Å². The summed E-state index contributed by atoms with van der Waals surface area (Å²) in [6.07, 6.45) is -11.5. The van der Waals surface area contributed by atoms with Crippen molar-refractivity contribution in [1.29, 1.82) is 0 Å². The van der Waals surface area contributed by atoms with E-state index in [1.807, 2.05) is 0 Å². The van der Waals surface area contributed by atoms with Crippen molar-refractivity contribution in [2.24, 2.45) is 0 Å². The fourth-order valence-corrected chi connectivity index (χ4v) is 9.88. The first-order chi connectivity index (χ1) is 13.4. The molecule has 0 spiro atoms. The SMILES string of the molecule is CCOP1(c2ccccc2)(C(C)C)OC(C(F)(F)F)(C(F)(F)F)c2ccccc21. The molecular weight excluding hydrogens is 417 g/mol. The van der Waals surface area contributed by atoms with Crippen molar-refractivity contribution < 1.29 is 35.4 Å². The Morgan fingerprint density at radius 3 is 1.90 bits per heavy atom. The number of halogens is 6. The molecule has 0 aromatic heterocycles. The Balaban J connectivity index is 2.58. The van der Waals surface area contributed by atoms with Crippen molar-refractivity contribution in [2.45, 2.75) is 44.4 Å². The molecule has 0 fully saturated rings.